The van der Waals surface area contributed by atoms with Crippen LogP contribution in [0.15, 0.2) is 73.4 Å². The normalized spacial score (nSPS) is 13.9. The van der Waals surface area contributed by atoms with E-state index in [-0.39, 0.29) is 24.0 Å². The Morgan fingerprint density at radius 3 is 2.57 bits per heavy atom. The van der Waals surface area contributed by atoms with E-state index in [1.807, 2.05) is 25.1 Å². The molecule has 1 amide bonds. The lowest BCUT2D eigenvalue weighted by atomic mass is 9.88. The number of hydrogen-bond acceptors (Lipinski definition) is 6. The number of ether oxygens (including phenoxy) is 2. The van der Waals surface area contributed by atoms with Gasteiger partial charge in [-0.3, -0.25) is 9.59 Å². The van der Waals surface area contributed by atoms with Crippen molar-refractivity contribution in [3.8, 4) is 11.5 Å². The van der Waals surface area contributed by atoms with Crippen LogP contribution >= 0.6 is 43.5 Å². The first-order valence-electron chi connectivity index (χ1n) is 13.7. The van der Waals surface area contributed by atoms with Gasteiger partial charge in [0.05, 0.1) is 28.2 Å². The Labute approximate surface area is 265 Å². The highest BCUT2D eigenvalue weighted by Gasteiger charge is 2.23. The highest BCUT2D eigenvalue weighted by atomic mass is 79.9. The highest BCUT2D eigenvalue weighted by Crippen LogP contribution is 2.42. The molecule has 1 aromatic heterocycles. The van der Waals surface area contributed by atoms with Gasteiger partial charge in [-0.25, -0.2) is 4.98 Å². The monoisotopic (exact) mass is 714 g/mol. The second-order valence-electron chi connectivity index (χ2n) is 9.88. The summed E-state index contributed by atoms with van der Waals surface area (Å²) in [5.41, 5.74) is 1.73. The molecule has 1 heterocycles. The zero-order valence-corrected chi connectivity index (χ0v) is 26.8. The molecule has 0 aliphatic heterocycles. The number of nitrogens with zero attached hydrogens (tertiary/aromatic N) is 3. The molecule has 0 atom stereocenters. The molecule has 4 aromatic rings. The first kappa shape index (κ1) is 30.3. The van der Waals surface area contributed by atoms with Gasteiger partial charge in [-0.05, 0) is 94.1 Å². The summed E-state index contributed by atoms with van der Waals surface area (Å²) in [5.74, 6) is 1.29. The summed E-state index contributed by atoms with van der Waals surface area (Å²) < 4.78 is 14.4. The molecular formula is C31H29Br2ClN4O4. The van der Waals surface area contributed by atoms with Gasteiger partial charge in [-0.1, -0.05) is 43.0 Å². The van der Waals surface area contributed by atoms with Gasteiger partial charge in [0, 0.05) is 26.7 Å². The van der Waals surface area contributed by atoms with Gasteiger partial charge in [-0.15, -0.1) is 0 Å². The Morgan fingerprint density at radius 1 is 1.10 bits per heavy atom. The van der Waals surface area contributed by atoms with E-state index in [4.69, 9.17) is 26.1 Å². The number of rotatable bonds is 9. The van der Waals surface area contributed by atoms with Crippen LogP contribution in [0.4, 0.5) is 5.69 Å². The predicted molar refractivity (Wildman–Crippen MR) is 173 cm³/mol. The van der Waals surface area contributed by atoms with Crippen molar-refractivity contribution in [2.75, 3.05) is 18.5 Å². The van der Waals surface area contributed by atoms with E-state index < -0.39 is 0 Å². The van der Waals surface area contributed by atoms with E-state index in [0.29, 0.717) is 60.1 Å². The lowest BCUT2D eigenvalue weighted by molar-refractivity contribution is -0.118. The van der Waals surface area contributed by atoms with Gasteiger partial charge in [0.25, 0.3) is 11.5 Å². The number of anilines is 1. The van der Waals surface area contributed by atoms with Crippen LogP contribution in [0.2, 0.25) is 5.02 Å². The van der Waals surface area contributed by atoms with Gasteiger partial charge >= 0.3 is 0 Å². The van der Waals surface area contributed by atoms with Crippen LogP contribution in [0, 0.1) is 0 Å². The molecule has 8 nitrogen and oxygen atoms in total. The zero-order valence-electron chi connectivity index (χ0n) is 22.9. The first-order chi connectivity index (χ1) is 20.4. The average Bonchev–Trinajstić information content (AvgIpc) is 3.00. The summed E-state index contributed by atoms with van der Waals surface area (Å²) in [4.78, 5) is 31.0. The highest BCUT2D eigenvalue weighted by molar-refractivity contribution is 9.13. The molecule has 218 valence electrons. The SMILES string of the molecule is CCOc1cc(C=Nn2c(C3CCCCC3)nc3ccccc3c2=O)c(Br)c(Br)c1OCC(=O)Nc1ccc(Cl)cc1. The van der Waals surface area contributed by atoms with Crippen LogP contribution in [0.1, 0.15) is 56.3 Å². The van der Waals surface area contributed by atoms with Crippen LogP contribution in [-0.4, -0.2) is 35.0 Å². The largest absolute Gasteiger partial charge is 0.490 e. The maximum Gasteiger partial charge on any atom is 0.282 e. The Morgan fingerprint density at radius 2 is 1.83 bits per heavy atom. The molecule has 1 saturated carbocycles. The third-order valence-electron chi connectivity index (χ3n) is 6.99. The summed E-state index contributed by atoms with van der Waals surface area (Å²) in [5, 5.41) is 8.53. The molecule has 1 aliphatic rings. The quantitative estimate of drug-likeness (QED) is 0.178. The Kier molecular flexibility index (Phi) is 9.97. The number of nitrogens with one attached hydrogen (secondary N) is 1. The van der Waals surface area contributed by atoms with E-state index in [9.17, 15) is 9.59 Å². The van der Waals surface area contributed by atoms with Crippen LogP contribution in [0.3, 0.4) is 0 Å². The third kappa shape index (κ3) is 6.88. The summed E-state index contributed by atoms with van der Waals surface area (Å²) in [7, 11) is 0. The predicted octanol–water partition coefficient (Wildman–Crippen LogP) is 7.92. The van der Waals surface area contributed by atoms with Crippen molar-refractivity contribution in [1.82, 2.24) is 9.66 Å². The minimum atomic E-state index is -0.341. The molecule has 0 spiro atoms. The molecule has 5 rings (SSSR count). The average molecular weight is 717 g/mol. The minimum absolute atomic E-state index is 0.164. The summed E-state index contributed by atoms with van der Waals surface area (Å²) in [6.45, 7) is 1.99. The number of carbonyl (C=O) groups excluding carboxylic acids is 1. The Balaban J connectivity index is 1.45. The van der Waals surface area contributed by atoms with Crippen LogP contribution in [-0.2, 0) is 4.79 Å². The fraction of sp³-hybridized carbons (Fsp3) is 0.290. The number of benzene rings is 3. The maximum atomic E-state index is 13.6. The molecule has 3 aromatic carbocycles. The Hall–Kier alpha value is -3.21. The molecule has 42 heavy (non-hydrogen) atoms. The number of fused-ring (bicyclic) bond motifs is 1. The summed E-state index contributed by atoms with van der Waals surface area (Å²) in [6.07, 6.45) is 6.96. The third-order valence-corrected chi connectivity index (χ3v) is 9.39. The van der Waals surface area contributed by atoms with Crippen LogP contribution in [0.5, 0.6) is 11.5 Å². The molecule has 1 aliphatic carbocycles. The van der Waals surface area contributed by atoms with Gasteiger partial charge < -0.3 is 14.8 Å². The maximum absolute atomic E-state index is 13.6. The first-order valence-corrected chi connectivity index (χ1v) is 15.7. The molecular weight excluding hydrogens is 688 g/mol. The lowest BCUT2D eigenvalue weighted by Crippen LogP contribution is -2.25. The van der Waals surface area contributed by atoms with Gasteiger partial charge in [0.1, 0.15) is 5.82 Å². The van der Waals surface area contributed by atoms with Gasteiger partial charge in [0.15, 0.2) is 18.1 Å². The van der Waals surface area contributed by atoms with E-state index in [1.165, 1.54) is 11.1 Å². The lowest BCUT2D eigenvalue weighted by Gasteiger charge is -2.22. The van der Waals surface area contributed by atoms with Crippen molar-refractivity contribution in [3.05, 3.63) is 90.3 Å². The molecule has 0 saturated heterocycles. The Bertz CT molecular complexity index is 1690. The van der Waals surface area contributed by atoms with Crippen LogP contribution < -0.4 is 20.3 Å². The molecule has 1 fully saturated rings. The number of aromatic nitrogens is 2. The van der Waals surface area contributed by atoms with E-state index in [2.05, 4.69) is 42.3 Å². The zero-order chi connectivity index (χ0) is 29.6. The minimum Gasteiger partial charge on any atom is -0.490 e. The van der Waals surface area contributed by atoms with Crippen LogP contribution in [0.25, 0.3) is 10.9 Å². The van der Waals surface area contributed by atoms with Gasteiger partial charge in [0.2, 0.25) is 0 Å². The van der Waals surface area contributed by atoms with E-state index in [0.717, 1.165) is 25.7 Å². The van der Waals surface area contributed by atoms with Crippen molar-refractivity contribution < 1.29 is 14.3 Å². The van der Waals surface area contributed by atoms with Crippen molar-refractivity contribution in [2.45, 2.75) is 44.9 Å². The topological polar surface area (TPSA) is 94.8 Å². The smallest absolute Gasteiger partial charge is 0.282 e. The van der Waals surface area contributed by atoms with E-state index >= 15 is 0 Å². The molecule has 0 radical (unpaired) electrons. The van der Waals surface area contributed by atoms with Crippen molar-refractivity contribution in [2.24, 2.45) is 5.10 Å². The number of carbonyl (C=O) groups is 1. The second kappa shape index (κ2) is 13.8. The molecule has 1 N–H and O–H groups in total. The van der Waals surface area contributed by atoms with Gasteiger partial charge in [-0.2, -0.15) is 9.78 Å². The van der Waals surface area contributed by atoms with Crippen molar-refractivity contribution in [3.63, 3.8) is 0 Å². The molecule has 0 unspecified atom stereocenters. The van der Waals surface area contributed by atoms with Crippen molar-refractivity contribution >= 4 is 72.2 Å². The fourth-order valence-electron chi connectivity index (χ4n) is 4.96. The number of hydrogen-bond donors (Lipinski definition) is 1. The van der Waals surface area contributed by atoms with Crippen molar-refractivity contribution in [1.29, 1.82) is 0 Å². The molecule has 11 heteroatoms. The molecule has 0 bridgehead atoms. The summed E-state index contributed by atoms with van der Waals surface area (Å²) in [6, 6.07) is 15.9. The number of amides is 1. The second-order valence-corrected chi connectivity index (χ2v) is 11.9. The number of para-hydroxylation sites is 1. The summed E-state index contributed by atoms with van der Waals surface area (Å²) >= 11 is 13.1. The number of halogens is 3. The standard InChI is InChI=1S/C31H29Br2ClN4O4/c1-2-41-25-16-20(27(32)28(33)29(25)42-18-26(39)36-22-14-12-21(34)13-15-22)17-35-38-30(19-8-4-3-5-9-19)37-24-11-7-6-10-23(24)31(38)40/h6-7,10-17,19H,2-5,8-9,18H2,1H3,(H,36,39). The van der Waals surface area contributed by atoms with E-state index in [1.54, 1.807) is 42.6 Å². The fourth-order valence-corrected chi connectivity index (χ4v) is 6.02.